The zero-order valence-electron chi connectivity index (χ0n) is 10.9. The summed E-state index contributed by atoms with van der Waals surface area (Å²) < 4.78 is 0. The van der Waals surface area contributed by atoms with E-state index in [9.17, 15) is 4.79 Å². The van der Waals surface area contributed by atoms with Crippen LogP contribution < -0.4 is 5.73 Å². The number of nitrogens with two attached hydrogens (primary N) is 1. The number of nitrogen functional groups attached to an aromatic ring is 1. The van der Waals surface area contributed by atoms with E-state index in [1.165, 1.54) is 0 Å². The second-order valence-corrected chi connectivity index (χ2v) is 5.64. The first-order chi connectivity index (χ1) is 8.49. The molecule has 1 aromatic carbocycles. The van der Waals surface area contributed by atoms with Crippen LogP contribution >= 0.6 is 23.4 Å². The first-order valence-electron chi connectivity index (χ1n) is 5.79. The maximum absolute atomic E-state index is 12.3. The average Bonchev–Trinajstić information content (AvgIpc) is 2.34. The van der Waals surface area contributed by atoms with Crippen molar-refractivity contribution in [2.75, 3.05) is 24.8 Å². The smallest absolute Gasteiger partial charge is 0.257 e. The molecule has 1 amide bonds. The Morgan fingerprint density at radius 3 is 2.78 bits per heavy atom. The van der Waals surface area contributed by atoms with Crippen molar-refractivity contribution in [3.8, 4) is 0 Å². The standard InChI is InChI=1S/C13H19ClN2OS/c1-9(7-8-18-3)16(2)13(17)12-10(14)5-4-6-11(12)15/h4-6,9H,7-8,15H2,1-3H3. The third kappa shape index (κ3) is 3.56. The van der Waals surface area contributed by atoms with Gasteiger partial charge in [-0.15, -0.1) is 0 Å². The molecule has 18 heavy (non-hydrogen) atoms. The molecule has 100 valence electrons. The van der Waals surface area contributed by atoms with Crippen molar-refractivity contribution >= 4 is 35.0 Å². The topological polar surface area (TPSA) is 46.3 Å². The average molecular weight is 287 g/mol. The number of thioether (sulfide) groups is 1. The summed E-state index contributed by atoms with van der Waals surface area (Å²) in [4.78, 5) is 14.0. The Morgan fingerprint density at radius 2 is 2.22 bits per heavy atom. The van der Waals surface area contributed by atoms with Gasteiger partial charge in [0, 0.05) is 18.8 Å². The molecule has 1 atom stereocenters. The summed E-state index contributed by atoms with van der Waals surface area (Å²) in [7, 11) is 1.79. The monoisotopic (exact) mass is 286 g/mol. The Morgan fingerprint density at radius 1 is 1.56 bits per heavy atom. The summed E-state index contributed by atoms with van der Waals surface area (Å²) in [5.41, 5.74) is 6.65. The van der Waals surface area contributed by atoms with E-state index in [4.69, 9.17) is 17.3 Å². The van der Waals surface area contributed by atoms with Gasteiger partial charge in [-0.3, -0.25) is 4.79 Å². The Labute approximate surface area is 118 Å². The number of rotatable bonds is 5. The molecule has 0 aliphatic carbocycles. The van der Waals surface area contributed by atoms with Gasteiger partial charge < -0.3 is 10.6 Å². The quantitative estimate of drug-likeness (QED) is 0.846. The van der Waals surface area contributed by atoms with Gasteiger partial charge in [0.2, 0.25) is 0 Å². The molecule has 3 nitrogen and oxygen atoms in total. The lowest BCUT2D eigenvalue weighted by atomic mass is 10.1. The molecule has 0 aliphatic heterocycles. The Balaban J connectivity index is 2.86. The van der Waals surface area contributed by atoms with E-state index in [0.29, 0.717) is 16.3 Å². The summed E-state index contributed by atoms with van der Waals surface area (Å²) >= 11 is 7.82. The molecule has 0 aliphatic rings. The minimum atomic E-state index is -0.119. The maximum Gasteiger partial charge on any atom is 0.257 e. The van der Waals surface area contributed by atoms with Crippen molar-refractivity contribution in [2.24, 2.45) is 0 Å². The van der Waals surface area contributed by atoms with Crippen LogP contribution in [0.3, 0.4) is 0 Å². The second-order valence-electron chi connectivity index (χ2n) is 4.25. The molecule has 0 saturated heterocycles. The van der Waals surface area contributed by atoms with Gasteiger partial charge in [-0.05, 0) is 37.5 Å². The van der Waals surface area contributed by atoms with Crippen LogP contribution in [0.4, 0.5) is 5.69 Å². The van der Waals surface area contributed by atoms with Gasteiger partial charge in [-0.1, -0.05) is 17.7 Å². The highest BCUT2D eigenvalue weighted by molar-refractivity contribution is 7.98. The molecule has 0 heterocycles. The van der Waals surface area contributed by atoms with Crippen molar-refractivity contribution in [1.29, 1.82) is 0 Å². The van der Waals surface area contributed by atoms with E-state index in [-0.39, 0.29) is 11.9 Å². The van der Waals surface area contributed by atoms with Crippen LogP contribution in [-0.4, -0.2) is 35.9 Å². The van der Waals surface area contributed by atoms with Crippen molar-refractivity contribution in [2.45, 2.75) is 19.4 Å². The van der Waals surface area contributed by atoms with Crippen LogP contribution in [-0.2, 0) is 0 Å². The number of benzene rings is 1. The Kier molecular flexibility index (Phi) is 5.82. The fourth-order valence-corrected chi connectivity index (χ4v) is 2.46. The SMILES string of the molecule is CSCCC(C)N(C)C(=O)c1c(N)cccc1Cl. The summed E-state index contributed by atoms with van der Waals surface area (Å²) in [6, 6.07) is 5.29. The minimum Gasteiger partial charge on any atom is -0.398 e. The number of carbonyl (C=O) groups excluding carboxylic acids is 1. The maximum atomic E-state index is 12.3. The van der Waals surface area contributed by atoms with Gasteiger partial charge in [0.05, 0.1) is 10.6 Å². The number of carbonyl (C=O) groups is 1. The lowest BCUT2D eigenvalue weighted by Gasteiger charge is -2.25. The highest BCUT2D eigenvalue weighted by Crippen LogP contribution is 2.24. The molecule has 1 aromatic rings. The molecule has 0 saturated carbocycles. The van der Waals surface area contributed by atoms with E-state index in [2.05, 4.69) is 6.26 Å². The van der Waals surface area contributed by atoms with Gasteiger partial charge in [-0.25, -0.2) is 0 Å². The predicted octanol–water partition coefficient (Wildman–Crippen LogP) is 3.14. The summed E-state index contributed by atoms with van der Waals surface area (Å²) in [6.07, 6.45) is 3.01. The largest absolute Gasteiger partial charge is 0.398 e. The fourth-order valence-electron chi connectivity index (χ4n) is 1.63. The van der Waals surface area contributed by atoms with Crippen LogP contribution in [0.2, 0.25) is 5.02 Å². The second kappa shape index (κ2) is 6.90. The fraction of sp³-hybridized carbons (Fsp3) is 0.462. The van der Waals surface area contributed by atoms with Crippen LogP contribution in [0.15, 0.2) is 18.2 Å². The van der Waals surface area contributed by atoms with E-state index in [1.54, 1.807) is 41.9 Å². The number of halogens is 1. The first-order valence-corrected chi connectivity index (χ1v) is 7.56. The van der Waals surface area contributed by atoms with E-state index < -0.39 is 0 Å². The minimum absolute atomic E-state index is 0.119. The van der Waals surface area contributed by atoms with Gasteiger partial charge in [0.1, 0.15) is 0 Å². The van der Waals surface area contributed by atoms with Crippen LogP contribution in [0.5, 0.6) is 0 Å². The molecule has 0 radical (unpaired) electrons. The molecule has 2 N–H and O–H groups in total. The molecule has 0 aromatic heterocycles. The van der Waals surface area contributed by atoms with Gasteiger partial charge in [0.25, 0.3) is 5.91 Å². The number of amides is 1. The van der Waals surface area contributed by atoms with Crippen molar-refractivity contribution in [3.05, 3.63) is 28.8 Å². The zero-order chi connectivity index (χ0) is 13.7. The van der Waals surface area contributed by atoms with Gasteiger partial charge in [0.15, 0.2) is 0 Å². The third-order valence-electron chi connectivity index (χ3n) is 2.98. The van der Waals surface area contributed by atoms with E-state index >= 15 is 0 Å². The van der Waals surface area contributed by atoms with Gasteiger partial charge in [-0.2, -0.15) is 11.8 Å². The van der Waals surface area contributed by atoms with Crippen LogP contribution in [0.25, 0.3) is 0 Å². The summed E-state index contributed by atoms with van der Waals surface area (Å²) in [5.74, 6) is 0.906. The Bertz CT molecular complexity index is 405. The first kappa shape index (κ1) is 15.2. The van der Waals surface area contributed by atoms with Crippen molar-refractivity contribution in [1.82, 2.24) is 4.90 Å². The van der Waals surface area contributed by atoms with Crippen molar-refractivity contribution < 1.29 is 4.79 Å². The normalized spacial score (nSPS) is 12.2. The van der Waals surface area contributed by atoms with Crippen molar-refractivity contribution in [3.63, 3.8) is 0 Å². The molecule has 0 bridgehead atoms. The molecule has 1 rings (SSSR count). The van der Waals surface area contributed by atoms with E-state index in [0.717, 1.165) is 12.2 Å². The number of nitrogens with zero attached hydrogens (tertiary/aromatic N) is 1. The zero-order valence-corrected chi connectivity index (χ0v) is 12.5. The third-order valence-corrected chi connectivity index (χ3v) is 3.94. The molecule has 1 unspecified atom stereocenters. The molecule has 0 fully saturated rings. The summed E-state index contributed by atoms with van der Waals surface area (Å²) in [6.45, 7) is 2.03. The number of hydrogen-bond acceptors (Lipinski definition) is 3. The van der Waals surface area contributed by atoms with Gasteiger partial charge >= 0.3 is 0 Å². The molecule has 0 spiro atoms. The Hall–Kier alpha value is -0.870. The van der Waals surface area contributed by atoms with E-state index in [1.807, 2.05) is 6.92 Å². The molecular weight excluding hydrogens is 268 g/mol. The van der Waals surface area contributed by atoms with Crippen LogP contribution in [0, 0.1) is 0 Å². The predicted molar refractivity (Wildman–Crippen MR) is 80.4 cm³/mol. The highest BCUT2D eigenvalue weighted by Gasteiger charge is 2.21. The highest BCUT2D eigenvalue weighted by atomic mass is 35.5. The molecular formula is C13H19ClN2OS. The lowest BCUT2D eigenvalue weighted by molar-refractivity contribution is 0.0742. The number of anilines is 1. The lowest BCUT2D eigenvalue weighted by Crippen LogP contribution is -2.36. The number of hydrogen-bond donors (Lipinski definition) is 1. The summed E-state index contributed by atoms with van der Waals surface area (Å²) in [5, 5.41) is 0.406. The van der Waals surface area contributed by atoms with Crippen LogP contribution in [0.1, 0.15) is 23.7 Å². The molecule has 5 heteroatoms.